The van der Waals surface area contributed by atoms with Crippen LogP contribution < -0.4 is 22.0 Å². The molecule has 7 nitrogen and oxygen atoms in total. The van der Waals surface area contributed by atoms with Gasteiger partial charge in [0.2, 0.25) is 0 Å². The van der Waals surface area contributed by atoms with E-state index in [1.54, 1.807) is 0 Å². The molecule has 0 bridgehead atoms. The summed E-state index contributed by atoms with van der Waals surface area (Å²) < 4.78 is 0. The second-order valence-corrected chi connectivity index (χ2v) is 3.30. The van der Waals surface area contributed by atoms with Crippen molar-refractivity contribution in [1.82, 2.24) is 5.43 Å². The summed E-state index contributed by atoms with van der Waals surface area (Å²) in [4.78, 5) is 0. The molecule has 0 spiro atoms. The lowest BCUT2D eigenvalue weighted by Crippen LogP contribution is -2.24. The van der Waals surface area contributed by atoms with Gasteiger partial charge in [0.1, 0.15) is 0 Å². The third-order valence-electron chi connectivity index (χ3n) is 2.14. The van der Waals surface area contributed by atoms with E-state index in [4.69, 9.17) is 16.6 Å². The molecular formula is C11H17N7. The minimum Gasteiger partial charge on any atom is -0.326 e. The van der Waals surface area contributed by atoms with Gasteiger partial charge in [-0.1, -0.05) is 6.07 Å². The molecule has 0 heterocycles. The summed E-state index contributed by atoms with van der Waals surface area (Å²) in [5, 5.41) is 17.6. The lowest BCUT2D eigenvalue weighted by molar-refractivity contribution is 0.916. The number of nitrogens with zero attached hydrogens (tertiary/aromatic N) is 1. The monoisotopic (exact) mass is 247 g/mol. The molecule has 7 N–H and O–H groups in total. The van der Waals surface area contributed by atoms with E-state index >= 15 is 0 Å². The van der Waals surface area contributed by atoms with Crippen LogP contribution in [0.25, 0.3) is 0 Å². The first-order chi connectivity index (χ1) is 8.83. The summed E-state index contributed by atoms with van der Waals surface area (Å²) in [6.07, 6.45) is 3.68. The maximum atomic E-state index is 6.92. The standard InChI is InChI=1S/C11H17N7/c12-4-6-15-17-10-2-1-3-11(9(10)8-14)18-16-7-5-13/h1-6,12-13,16-18H,7-8,14H2/b12-4?,13-5?,15-6-. The summed E-state index contributed by atoms with van der Waals surface area (Å²) in [5.74, 6) is 0. The van der Waals surface area contributed by atoms with Crippen molar-refractivity contribution in [1.29, 1.82) is 10.8 Å². The van der Waals surface area contributed by atoms with Crippen molar-refractivity contribution in [2.75, 3.05) is 17.4 Å². The van der Waals surface area contributed by atoms with E-state index in [0.29, 0.717) is 13.1 Å². The van der Waals surface area contributed by atoms with Crippen molar-refractivity contribution >= 4 is 30.0 Å². The first-order valence-corrected chi connectivity index (χ1v) is 5.41. The van der Waals surface area contributed by atoms with E-state index in [-0.39, 0.29) is 0 Å². The highest BCUT2D eigenvalue weighted by Crippen LogP contribution is 2.23. The second kappa shape index (κ2) is 7.93. The Morgan fingerprint density at radius 3 is 2.72 bits per heavy atom. The predicted molar refractivity (Wildman–Crippen MR) is 75.6 cm³/mol. The zero-order chi connectivity index (χ0) is 13.2. The molecule has 0 amide bonds. The normalized spacial score (nSPS) is 10.3. The summed E-state index contributed by atoms with van der Waals surface area (Å²) in [6.45, 7) is 0.769. The van der Waals surface area contributed by atoms with Gasteiger partial charge in [-0.25, -0.2) is 5.43 Å². The Balaban J connectivity index is 2.83. The summed E-state index contributed by atoms with van der Waals surface area (Å²) in [6, 6.07) is 5.59. The molecular weight excluding hydrogens is 230 g/mol. The van der Waals surface area contributed by atoms with Crippen molar-refractivity contribution in [3.63, 3.8) is 0 Å². The summed E-state index contributed by atoms with van der Waals surface area (Å²) in [7, 11) is 0. The first kappa shape index (κ1) is 13.8. The Labute approximate surface area is 105 Å². The van der Waals surface area contributed by atoms with Crippen molar-refractivity contribution in [3.05, 3.63) is 23.8 Å². The zero-order valence-corrected chi connectivity index (χ0v) is 9.90. The molecule has 0 aliphatic heterocycles. The van der Waals surface area contributed by atoms with E-state index in [1.807, 2.05) is 18.2 Å². The molecule has 0 atom stereocenters. The number of nitrogens with two attached hydrogens (primary N) is 1. The lowest BCUT2D eigenvalue weighted by atomic mass is 10.1. The van der Waals surface area contributed by atoms with Gasteiger partial charge in [-0.05, 0) is 12.1 Å². The SMILES string of the molecule is N=C/C=N\Nc1cccc(NNCC=N)c1CN. The highest BCUT2D eigenvalue weighted by molar-refractivity contribution is 6.14. The fourth-order valence-corrected chi connectivity index (χ4v) is 1.37. The largest absolute Gasteiger partial charge is 0.326 e. The maximum absolute atomic E-state index is 6.92. The molecule has 0 radical (unpaired) electrons. The first-order valence-electron chi connectivity index (χ1n) is 5.41. The lowest BCUT2D eigenvalue weighted by Gasteiger charge is -2.14. The fourth-order valence-electron chi connectivity index (χ4n) is 1.37. The predicted octanol–water partition coefficient (Wildman–Crippen LogP) is 0.759. The van der Waals surface area contributed by atoms with Gasteiger partial charge in [-0.3, -0.25) is 5.43 Å². The van der Waals surface area contributed by atoms with Crippen LogP contribution in [-0.2, 0) is 6.54 Å². The molecule has 1 rings (SSSR count). The highest BCUT2D eigenvalue weighted by atomic mass is 15.4. The van der Waals surface area contributed by atoms with Crippen LogP contribution in [0.1, 0.15) is 5.56 Å². The molecule has 96 valence electrons. The molecule has 0 aliphatic rings. The van der Waals surface area contributed by atoms with Crippen LogP contribution in [0.15, 0.2) is 23.3 Å². The molecule has 0 saturated heterocycles. The van der Waals surface area contributed by atoms with Crippen LogP contribution in [0.5, 0.6) is 0 Å². The molecule has 7 heteroatoms. The minimum absolute atomic E-state index is 0.345. The van der Waals surface area contributed by atoms with Crippen LogP contribution in [-0.4, -0.2) is 25.2 Å². The number of nitrogens with one attached hydrogen (secondary N) is 5. The molecule has 0 fully saturated rings. The van der Waals surface area contributed by atoms with Gasteiger partial charge >= 0.3 is 0 Å². The Bertz CT molecular complexity index is 427. The van der Waals surface area contributed by atoms with Crippen molar-refractivity contribution in [3.8, 4) is 0 Å². The number of hydrazone groups is 1. The second-order valence-electron chi connectivity index (χ2n) is 3.30. The zero-order valence-electron chi connectivity index (χ0n) is 9.90. The third kappa shape index (κ3) is 3.96. The number of hydrogen-bond donors (Lipinski definition) is 6. The number of rotatable bonds is 8. The Morgan fingerprint density at radius 2 is 2.06 bits per heavy atom. The fraction of sp³-hybridized carbons (Fsp3) is 0.182. The van der Waals surface area contributed by atoms with Gasteiger partial charge in [-0.2, -0.15) is 5.10 Å². The molecule has 1 aromatic carbocycles. The average molecular weight is 247 g/mol. The van der Waals surface area contributed by atoms with Crippen LogP contribution in [0, 0.1) is 10.8 Å². The minimum atomic E-state index is 0.345. The van der Waals surface area contributed by atoms with E-state index in [0.717, 1.165) is 23.2 Å². The average Bonchev–Trinajstić information content (AvgIpc) is 2.39. The van der Waals surface area contributed by atoms with Gasteiger partial charge < -0.3 is 22.0 Å². The van der Waals surface area contributed by atoms with E-state index < -0.39 is 0 Å². The summed E-state index contributed by atoms with van der Waals surface area (Å²) >= 11 is 0. The van der Waals surface area contributed by atoms with Crippen LogP contribution in [0.3, 0.4) is 0 Å². The van der Waals surface area contributed by atoms with Gasteiger partial charge in [0.25, 0.3) is 0 Å². The number of anilines is 2. The smallest absolute Gasteiger partial charge is 0.0648 e. The molecule has 0 aliphatic carbocycles. The topological polar surface area (TPSA) is 122 Å². The Morgan fingerprint density at radius 1 is 1.28 bits per heavy atom. The van der Waals surface area contributed by atoms with Gasteiger partial charge in [0.15, 0.2) is 0 Å². The Hall–Kier alpha value is -2.25. The van der Waals surface area contributed by atoms with E-state index in [9.17, 15) is 0 Å². The molecule has 18 heavy (non-hydrogen) atoms. The molecule has 0 unspecified atom stereocenters. The third-order valence-corrected chi connectivity index (χ3v) is 2.14. The van der Waals surface area contributed by atoms with Gasteiger partial charge in [-0.15, -0.1) is 0 Å². The number of hydrogen-bond acceptors (Lipinski definition) is 7. The van der Waals surface area contributed by atoms with E-state index in [1.165, 1.54) is 12.4 Å². The van der Waals surface area contributed by atoms with E-state index in [2.05, 4.69) is 21.4 Å². The van der Waals surface area contributed by atoms with Crippen molar-refractivity contribution < 1.29 is 0 Å². The number of hydrazine groups is 1. The quantitative estimate of drug-likeness (QED) is 0.230. The number of benzene rings is 1. The van der Waals surface area contributed by atoms with Gasteiger partial charge in [0, 0.05) is 31.1 Å². The van der Waals surface area contributed by atoms with Crippen molar-refractivity contribution in [2.24, 2.45) is 10.8 Å². The Kier molecular flexibility index (Phi) is 6.09. The van der Waals surface area contributed by atoms with Crippen LogP contribution >= 0.6 is 0 Å². The van der Waals surface area contributed by atoms with Crippen LogP contribution in [0.2, 0.25) is 0 Å². The highest BCUT2D eigenvalue weighted by Gasteiger charge is 2.05. The van der Waals surface area contributed by atoms with Crippen LogP contribution in [0.4, 0.5) is 11.4 Å². The van der Waals surface area contributed by atoms with Gasteiger partial charge in [0.05, 0.1) is 17.6 Å². The molecule has 0 aromatic heterocycles. The summed E-state index contributed by atoms with van der Waals surface area (Å²) in [5.41, 5.74) is 16.9. The molecule has 1 aromatic rings. The van der Waals surface area contributed by atoms with Crippen molar-refractivity contribution in [2.45, 2.75) is 6.54 Å². The molecule has 0 saturated carbocycles. The maximum Gasteiger partial charge on any atom is 0.0648 e.